The Labute approximate surface area is 143 Å². The summed E-state index contributed by atoms with van der Waals surface area (Å²) in [6.45, 7) is 0. The average Bonchev–Trinajstić information content (AvgIpc) is 2.61. The van der Waals surface area contributed by atoms with E-state index in [1.807, 2.05) is 54.6 Å². The molecule has 0 aliphatic carbocycles. The lowest BCUT2D eigenvalue weighted by Crippen LogP contribution is -2.05. The molecule has 0 saturated heterocycles. The quantitative estimate of drug-likeness (QED) is 0.407. The molecule has 3 rings (SSSR count). The van der Waals surface area contributed by atoms with Gasteiger partial charge in [0.1, 0.15) is 0 Å². The first kappa shape index (κ1) is 16.4. The van der Waals surface area contributed by atoms with E-state index in [1.54, 1.807) is 0 Å². The third kappa shape index (κ3) is 3.39. The molecule has 0 heterocycles. The Morgan fingerprint density at radius 2 is 1.29 bits per heavy atom. The Kier molecular flexibility index (Phi) is 4.49. The van der Waals surface area contributed by atoms with Gasteiger partial charge < -0.3 is 0 Å². The molecule has 0 bridgehead atoms. The van der Waals surface area contributed by atoms with E-state index in [2.05, 4.69) is 0 Å². The van der Waals surface area contributed by atoms with Crippen LogP contribution in [0, 0.1) is 0 Å². The number of alkyl halides is 3. The highest BCUT2D eigenvalue weighted by Crippen LogP contribution is 2.32. The highest BCUT2D eigenvalue weighted by molar-refractivity contribution is 7.81. The summed E-state index contributed by atoms with van der Waals surface area (Å²) in [6.07, 6.45) is -4.34. The number of hydrogen-bond donors (Lipinski definition) is 0. The first-order valence-corrected chi connectivity index (χ1v) is 7.74. The summed E-state index contributed by atoms with van der Waals surface area (Å²) >= 11 is 5.58. The summed E-state index contributed by atoms with van der Waals surface area (Å²) in [7, 11) is 0. The third-order valence-corrected chi connectivity index (χ3v) is 4.19. The maximum absolute atomic E-state index is 12.7. The Bertz CT molecular complexity index is 850. The van der Waals surface area contributed by atoms with Crippen molar-refractivity contribution < 1.29 is 13.2 Å². The standard InChI is InChI=1S/C20H13F3S/c21-20(22,23)16-12-10-14(11-13-16)17-8-4-5-9-18(17)19(24)15-6-2-1-3-7-15/h1-13H. The van der Waals surface area contributed by atoms with Crippen LogP contribution in [0.15, 0.2) is 78.9 Å². The van der Waals surface area contributed by atoms with Crippen molar-refractivity contribution >= 4 is 17.1 Å². The van der Waals surface area contributed by atoms with Crippen molar-refractivity contribution in [3.8, 4) is 11.1 Å². The average molecular weight is 342 g/mol. The van der Waals surface area contributed by atoms with Crippen molar-refractivity contribution in [2.45, 2.75) is 6.18 Å². The molecule has 0 atom stereocenters. The minimum absolute atomic E-state index is 0.658. The number of thiocarbonyl (C=S) groups is 1. The highest BCUT2D eigenvalue weighted by Gasteiger charge is 2.30. The fourth-order valence-corrected chi connectivity index (χ4v) is 2.83. The molecule has 3 aromatic rings. The van der Waals surface area contributed by atoms with Crippen LogP contribution in [0.25, 0.3) is 11.1 Å². The van der Waals surface area contributed by atoms with Crippen molar-refractivity contribution in [3.05, 3.63) is 95.6 Å². The largest absolute Gasteiger partial charge is 0.416 e. The maximum atomic E-state index is 12.7. The van der Waals surface area contributed by atoms with Gasteiger partial charge in [0.05, 0.1) is 10.4 Å². The van der Waals surface area contributed by atoms with E-state index in [0.717, 1.165) is 28.8 Å². The molecule has 0 spiro atoms. The van der Waals surface area contributed by atoms with Crippen LogP contribution in [0.1, 0.15) is 16.7 Å². The fraction of sp³-hybridized carbons (Fsp3) is 0.0500. The van der Waals surface area contributed by atoms with Gasteiger partial charge in [0.25, 0.3) is 0 Å². The van der Waals surface area contributed by atoms with E-state index in [9.17, 15) is 13.2 Å². The summed E-state index contributed by atoms with van der Waals surface area (Å²) in [4.78, 5) is 0.672. The van der Waals surface area contributed by atoms with E-state index in [1.165, 1.54) is 12.1 Å². The van der Waals surface area contributed by atoms with E-state index in [4.69, 9.17) is 12.2 Å². The van der Waals surface area contributed by atoms with Gasteiger partial charge in [-0.3, -0.25) is 0 Å². The van der Waals surface area contributed by atoms with Crippen molar-refractivity contribution in [1.29, 1.82) is 0 Å². The summed E-state index contributed by atoms with van der Waals surface area (Å²) in [5.41, 5.74) is 2.61. The van der Waals surface area contributed by atoms with Gasteiger partial charge in [0.15, 0.2) is 0 Å². The number of benzene rings is 3. The lowest BCUT2D eigenvalue weighted by atomic mass is 9.94. The van der Waals surface area contributed by atoms with Crippen LogP contribution in [0.5, 0.6) is 0 Å². The zero-order valence-electron chi connectivity index (χ0n) is 12.5. The molecule has 0 saturated carbocycles. The molecule has 24 heavy (non-hydrogen) atoms. The fourth-order valence-electron chi connectivity index (χ4n) is 2.52. The lowest BCUT2D eigenvalue weighted by molar-refractivity contribution is -0.137. The zero-order chi connectivity index (χ0) is 17.2. The molecular formula is C20H13F3S. The van der Waals surface area contributed by atoms with E-state index in [0.29, 0.717) is 10.4 Å². The molecule has 0 nitrogen and oxygen atoms in total. The van der Waals surface area contributed by atoms with Crippen molar-refractivity contribution in [2.75, 3.05) is 0 Å². The second-order valence-corrected chi connectivity index (χ2v) is 5.72. The molecular weight excluding hydrogens is 329 g/mol. The zero-order valence-corrected chi connectivity index (χ0v) is 13.4. The predicted molar refractivity (Wildman–Crippen MR) is 94.1 cm³/mol. The van der Waals surface area contributed by atoms with Gasteiger partial charge >= 0.3 is 6.18 Å². The molecule has 0 radical (unpaired) electrons. The summed E-state index contributed by atoms with van der Waals surface area (Å²) in [5.74, 6) is 0. The van der Waals surface area contributed by atoms with E-state index >= 15 is 0 Å². The Balaban J connectivity index is 2.03. The van der Waals surface area contributed by atoms with Gasteiger partial charge in [0, 0.05) is 5.56 Å². The van der Waals surface area contributed by atoms with Crippen molar-refractivity contribution in [1.82, 2.24) is 0 Å². The van der Waals surface area contributed by atoms with Crippen LogP contribution in [-0.4, -0.2) is 4.86 Å². The topological polar surface area (TPSA) is 0 Å². The van der Waals surface area contributed by atoms with Crippen LogP contribution in [0.3, 0.4) is 0 Å². The number of rotatable bonds is 3. The SMILES string of the molecule is FC(F)(F)c1ccc(-c2ccccc2C(=S)c2ccccc2)cc1. The number of hydrogen-bond acceptors (Lipinski definition) is 1. The van der Waals surface area contributed by atoms with Crippen LogP contribution < -0.4 is 0 Å². The first-order valence-electron chi connectivity index (χ1n) is 7.33. The van der Waals surface area contributed by atoms with Crippen molar-refractivity contribution in [2.24, 2.45) is 0 Å². The summed E-state index contributed by atoms with van der Waals surface area (Å²) in [5, 5.41) is 0. The molecule has 0 N–H and O–H groups in total. The first-order chi connectivity index (χ1) is 11.5. The Morgan fingerprint density at radius 3 is 1.92 bits per heavy atom. The van der Waals surface area contributed by atoms with Gasteiger partial charge in [-0.15, -0.1) is 0 Å². The molecule has 3 aromatic carbocycles. The molecule has 0 aliphatic rings. The van der Waals surface area contributed by atoms with Gasteiger partial charge in [0.2, 0.25) is 0 Å². The van der Waals surface area contributed by atoms with Gasteiger partial charge in [-0.2, -0.15) is 13.2 Å². The van der Waals surface area contributed by atoms with Crippen LogP contribution in [-0.2, 0) is 6.18 Å². The molecule has 4 heteroatoms. The van der Waals surface area contributed by atoms with Gasteiger partial charge in [-0.25, -0.2) is 0 Å². The monoisotopic (exact) mass is 342 g/mol. The van der Waals surface area contributed by atoms with E-state index < -0.39 is 11.7 Å². The minimum atomic E-state index is -4.34. The molecule has 0 aliphatic heterocycles. The van der Waals surface area contributed by atoms with Gasteiger partial charge in [-0.05, 0) is 28.8 Å². The maximum Gasteiger partial charge on any atom is 0.416 e. The second-order valence-electron chi connectivity index (χ2n) is 5.32. The normalized spacial score (nSPS) is 11.3. The lowest BCUT2D eigenvalue weighted by Gasteiger charge is -2.12. The van der Waals surface area contributed by atoms with E-state index in [-0.39, 0.29) is 0 Å². The predicted octanol–water partition coefficient (Wildman–Crippen LogP) is 6.14. The summed E-state index contributed by atoms with van der Waals surface area (Å²) < 4.78 is 38.2. The van der Waals surface area contributed by atoms with Crippen LogP contribution >= 0.6 is 12.2 Å². The third-order valence-electron chi connectivity index (χ3n) is 3.73. The van der Waals surface area contributed by atoms with Crippen LogP contribution in [0.4, 0.5) is 13.2 Å². The van der Waals surface area contributed by atoms with Gasteiger partial charge in [-0.1, -0.05) is 78.9 Å². The number of halogens is 3. The van der Waals surface area contributed by atoms with Crippen LogP contribution in [0.2, 0.25) is 0 Å². The molecule has 0 unspecified atom stereocenters. The molecule has 0 fully saturated rings. The second kappa shape index (κ2) is 6.57. The highest BCUT2D eigenvalue weighted by atomic mass is 32.1. The van der Waals surface area contributed by atoms with Crippen molar-refractivity contribution in [3.63, 3.8) is 0 Å². The molecule has 120 valence electrons. The minimum Gasteiger partial charge on any atom is -0.166 e. The Morgan fingerprint density at radius 1 is 0.708 bits per heavy atom. The smallest absolute Gasteiger partial charge is 0.166 e. The Hall–Kier alpha value is -2.46. The molecule has 0 amide bonds. The molecule has 0 aromatic heterocycles. The summed E-state index contributed by atoms with van der Waals surface area (Å²) in [6, 6.07) is 22.2.